The van der Waals surface area contributed by atoms with Gasteiger partial charge < -0.3 is 20.7 Å². The maximum atomic E-state index is 13.6. The van der Waals surface area contributed by atoms with Crippen LogP contribution < -0.4 is 16.0 Å². The third kappa shape index (κ3) is 9.99. The Morgan fingerprint density at radius 2 is 1.75 bits per heavy atom. The van der Waals surface area contributed by atoms with E-state index in [1.165, 1.54) is 23.1 Å². The van der Waals surface area contributed by atoms with Gasteiger partial charge >= 0.3 is 5.97 Å². The zero-order valence-corrected chi connectivity index (χ0v) is 32.5. The molecule has 1 aromatic heterocycles. The number of carbonyl (C=O) groups excluding carboxylic acids is 4. The number of thiophene rings is 1. The molecular weight excluding hydrogens is 746 g/mol. The van der Waals surface area contributed by atoms with Gasteiger partial charge in [-0.25, -0.2) is 4.79 Å². The third-order valence-electron chi connectivity index (χ3n) is 8.67. The molecule has 0 fully saturated rings. The number of benzene rings is 3. The van der Waals surface area contributed by atoms with Crippen molar-refractivity contribution < 1.29 is 23.9 Å². The van der Waals surface area contributed by atoms with Gasteiger partial charge in [-0.15, -0.1) is 23.1 Å². The number of fused-ring (bicyclic) bond motifs is 1. The highest BCUT2D eigenvalue weighted by Crippen LogP contribution is 2.44. The first-order chi connectivity index (χ1) is 24.3. The molecule has 1 heterocycles. The second-order valence-corrected chi connectivity index (χ2v) is 16.8. The maximum absolute atomic E-state index is 13.6. The molecule has 266 valence electrons. The molecule has 1 aliphatic carbocycles. The summed E-state index contributed by atoms with van der Waals surface area (Å²) in [5.41, 5.74) is 3.31. The van der Waals surface area contributed by atoms with Crippen LogP contribution in [-0.2, 0) is 27.2 Å². The number of carbonyl (C=O) groups is 4. The second-order valence-electron chi connectivity index (χ2n) is 13.4. The van der Waals surface area contributed by atoms with Crippen LogP contribution in [0.4, 0.5) is 10.7 Å². The summed E-state index contributed by atoms with van der Waals surface area (Å²) < 4.78 is 6.25. The van der Waals surface area contributed by atoms with Crippen molar-refractivity contribution in [1.82, 2.24) is 5.32 Å². The highest BCUT2D eigenvalue weighted by Gasteiger charge is 2.35. The lowest BCUT2D eigenvalue weighted by atomic mass is 9.72. The molecule has 2 atom stereocenters. The van der Waals surface area contributed by atoms with E-state index in [1.807, 2.05) is 36.4 Å². The molecule has 8 nitrogen and oxygen atoms in total. The lowest BCUT2D eigenvalue weighted by Crippen LogP contribution is -2.30. The number of hydrogen-bond donors (Lipinski definition) is 3. The van der Waals surface area contributed by atoms with Gasteiger partial charge in [0.25, 0.3) is 11.8 Å². The molecule has 0 saturated carbocycles. The number of amides is 3. The average Bonchev–Trinajstić information content (AvgIpc) is 3.45. The summed E-state index contributed by atoms with van der Waals surface area (Å²) in [4.78, 5) is 55.2. The predicted molar refractivity (Wildman–Crippen MR) is 210 cm³/mol. The van der Waals surface area contributed by atoms with Crippen LogP contribution in [0.1, 0.15) is 77.8 Å². The highest BCUT2D eigenvalue weighted by molar-refractivity contribution is 9.10. The molecule has 51 heavy (non-hydrogen) atoms. The largest absolute Gasteiger partial charge is 0.462 e. The van der Waals surface area contributed by atoms with Crippen molar-refractivity contribution in [3.8, 4) is 0 Å². The van der Waals surface area contributed by atoms with Gasteiger partial charge in [-0.1, -0.05) is 73.1 Å². The lowest BCUT2D eigenvalue weighted by Gasteiger charge is -2.33. The Morgan fingerprint density at radius 1 is 1.00 bits per heavy atom. The standard InChI is InChI=1S/C40H42BrN3O5S2/c1-6-49-39(48)34-31-19-18-27(40(3,4)5)22-33(31)51-38(34)44-35(45)24(2)50-30-17-11-16-29(23-30)42-37(47)32(21-25-12-10-15-28(41)20-25)43-36(46)26-13-8-7-9-14-26/h7-17,20-21,23-24,27H,6,18-19,22H2,1-5H3,(H,42,47)(H,43,46)(H,44,45)/b32-21+. The summed E-state index contributed by atoms with van der Waals surface area (Å²) >= 11 is 6.26. The van der Waals surface area contributed by atoms with Gasteiger partial charge in [0.2, 0.25) is 5.91 Å². The van der Waals surface area contributed by atoms with E-state index in [0.717, 1.165) is 44.6 Å². The minimum atomic E-state index is -0.524. The molecule has 2 unspecified atom stereocenters. The van der Waals surface area contributed by atoms with Crippen molar-refractivity contribution in [3.63, 3.8) is 0 Å². The van der Waals surface area contributed by atoms with Gasteiger partial charge in [0.05, 0.1) is 17.4 Å². The quantitative estimate of drug-likeness (QED) is 0.0794. The minimum Gasteiger partial charge on any atom is -0.462 e. The summed E-state index contributed by atoms with van der Waals surface area (Å²) in [6, 6.07) is 23.2. The van der Waals surface area contributed by atoms with E-state index in [4.69, 9.17) is 4.74 Å². The van der Waals surface area contributed by atoms with Crippen LogP contribution in [0.25, 0.3) is 6.08 Å². The van der Waals surface area contributed by atoms with Gasteiger partial charge in [0.1, 0.15) is 10.7 Å². The first-order valence-corrected chi connectivity index (χ1v) is 19.4. The number of anilines is 2. The van der Waals surface area contributed by atoms with E-state index in [0.29, 0.717) is 27.7 Å². The first kappa shape index (κ1) is 38.1. The van der Waals surface area contributed by atoms with Crippen LogP contribution in [0.5, 0.6) is 0 Å². The van der Waals surface area contributed by atoms with E-state index in [9.17, 15) is 19.2 Å². The Balaban J connectivity index is 1.30. The van der Waals surface area contributed by atoms with Crippen LogP contribution >= 0.6 is 39.0 Å². The Bertz CT molecular complexity index is 1950. The Morgan fingerprint density at radius 3 is 2.45 bits per heavy atom. The van der Waals surface area contributed by atoms with Crippen molar-refractivity contribution in [2.75, 3.05) is 17.2 Å². The molecule has 3 aromatic carbocycles. The fourth-order valence-corrected chi connectivity index (χ4v) is 8.52. The van der Waals surface area contributed by atoms with Gasteiger partial charge in [0, 0.05) is 25.5 Å². The van der Waals surface area contributed by atoms with E-state index in [1.54, 1.807) is 62.4 Å². The van der Waals surface area contributed by atoms with Crippen molar-refractivity contribution in [3.05, 3.63) is 116 Å². The van der Waals surface area contributed by atoms with E-state index in [-0.39, 0.29) is 23.6 Å². The van der Waals surface area contributed by atoms with Gasteiger partial charge in [-0.2, -0.15) is 0 Å². The molecule has 11 heteroatoms. The Labute approximate surface area is 316 Å². The van der Waals surface area contributed by atoms with Crippen molar-refractivity contribution in [2.45, 2.75) is 64.0 Å². The molecule has 0 spiro atoms. The molecule has 0 bridgehead atoms. The molecule has 3 N–H and O–H groups in total. The molecule has 0 aliphatic heterocycles. The number of rotatable bonds is 11. The summed E-state index contributed by atoms with van der Waals surface area (Å²) in [5.74, 6) is -1.08. The Kier molecular flexibility index (Phi) is 12.6. The topological polar surface area (TPSA) is 114 Å². The summed E-state index contributed by atoms with van der Waals surface area (Å²) in [6.45, 7) is 10.6. The molecule has 1 aliphatic rings. The molecule has 3 amide bonds. The summed E-state index contributed by atoms with van der Waals surface area (Å²) in [6.07, 6.45) is 4.23. The molecular formula is C40H42BrN3O5S2. The van der Waals surface area contributed by atoms with Gasteiger partial charge in [-0.3, -0.25) is 14.4 Å². The number of nitrogens with one attached hydrogen (secondary N) is 3. The highest BCUT2D eigenvalue weighted by atomic mass is 79.9. The second kappa shape index (κ2) is 16.9. The van der Waals surface area contributed by atoms with Crippen LogP contribution in [0.15, 0.2) is 93.9 Å². The monoisotopic (exact) mass is 787 g/mol. The number of halogens is 1. The van der Waals surface area contributed by atoms with Gasteiger partial charge in [0.15, 0.2) is 0 Å². The molecule has 5 rings (SSSR count). The normalized spacial score (nSPS) is 14.9. The van der Waals surface area contributed by atoms with Crippen molar-refractivity contribution in [1.29, 1.82) is 0 Å². The first-order valence-electron chi connectivity index (χ1n) is 16.9. The van der Waals surface area contributed by atoms with Crippen LogP contribution in [0, 0.1) is 11.3 Å². The average molecular weight is 789 g/mol. The molecule has 0 radical (unpaired) electrons. The van der Waals surface area contributed by atoms with E-state index >= 15 is 0 Å². The van der Waals surface area contributed by atoms with Gasteiger partial charge in [-0.05, 0) is 104 Å². The fourth-order valence-electron chi connectivity index (χ4n) is 5.85. The minimum absolute atomic E-state index is 0.0672. The number of hydrogen-bond acceptors (Lipinski definition) is 7. The zero-order chi connectivity index (χ0) is 36.7. The fraction of sp³-hybridized carbons (Fsp3) is 0.300. The van der Waals surface area contributed by atoms with Crippen LogP contribution in [0.2, 0.25) is 0 Å². The van der Waals surface area contributed by atoms with E-state index in [2.05, 4.69) is 52.7 Å². The Hall–Kier alpha value is -4.19. The zero-order valence-electron chi connectivity index (χ0n) is 29.3. The maximum Gasteiger partial charge on any atom is 0.341 e. The summed E-state index contributed by atoms with van der Waals surface area (Å²) in [7, 11) is 0. The van der Waals surface area contributed by atoms with Crippen LogP contribution in [-0.4, -0.2) is 35.5 Å². The number of esters is 1. The predicted octanol–water partition coefficient (Wildman–Crippen LogP) is 9.37. The smallest absolute Gasteiger partial charge is 0.341 e. The van der Waals surface area contributed by atoms with Crippen LogP contribution in [0.3, 0.4) is 0 Å². The van der Waals surface area contributed by atoms with Crippen molar-refractivity contribution >= 4 is 79.5 Å². The number of ether oxygens (including phenoxy) is 1. The summed E-state index contributed by atoms with van der Waals surface area (Å²) in [5, 5.41) is 8.70. The van der Waals surface area contributed by atoms with Crippen molar-refractivity contribution in [2.24, 2.45) is 11.3 Å². The third-order valence-corrected chi connectivity index (χ3v) is 11.4. The molecule has 4 aromatic rings. The lowest BCUT2D eigenvalue weighted by molar-refractivity contribution is -0.115. The number of thioether (sulfide) groups is 1. The van der Waals surface area contributed by atoms with E-state index < -0.39 is 23.0 Å². The molecule has 0 saturated heterocycles. The SMILES string of the molecule is CCOC(=O)c1c(NC(=O)C(C)Sc2cccc(NC(=O)/C(=C\c3cccc(Br)c3)NC(=O)c3ccccc3)c2)sc2c1CCC(C(C)(C)C)C2.